The molecule has 5 rings (SSSR count). The second-order valence-corrected chi connectivity index (χ2v) is 20.3. The van der Waals surface area contributed by atoms with E-state index in [1.807, 2.05) is 19.9 Å². The number of allylic oxidation sites excluding steroid dienone is 3. The number of ether oxygens (including phenoxy) is 5. The fourth-order valence-corrected chi connectivity index (χ4v) is 10.5. The van der Waals surface area contributed by atoms with Gasteiger partial charge in [0.1, 0.15) is 40.7 Å². The van der Waals surface area contributed by atoms with Gasteiger partial charge in [-0.05, 0) is 51.3 Å². The third-order valence-electron chi connectivity index (χ3n) is 12.1. The maximum atomic E-state index is 14.3. The van der Waals surface area contributed by atoms with Crippen LogP contribution in [0, 0.1) is 5.92 Å². The van der Waals surface area contributed by atoms with Gasteiger partial charge in [0.25, 0.3) is 11.8 Å². The molecule has 1 aromatic rings. The minimum absolute atomic E-state index is 0.00554. The number of epoxide rings is 1. The fourth-order valence-electron chi connectivity index (χ4n) is 7.86. The molecule has 358 valence electrons. The Balaban J connectivity index is 1.29. The molecule has 0 spiro atoms. The molecular weight excluding hydrogens is 908 g/mol. The molecule has 65 heavy (non-hydrogen) atoms. The first kappa shape index (κ1) is 51.6. The van der Waals surface area contributed by atoms with Crippen LogP contribution in [0.5, 0.6) is 5.75 Å². The Bertz CT molecular complexity index is 2060. The van der Waals surface area contributed by atoms with Crippen LogP contribution >= 0.6 is 33.2 Å². The highest BCUT2D eigenvalue weighted by Gasteiger charge is 2.64. The van der Waals surface area contributed by atoms with Crippen molar-refractivity contribution in [3.05, 3.63) is 46.5 Å². The minimum Gasteiger partial charge on any atom is -0.495 e. The van der Waals surface area contributed by atoms with E-state index in [1.165, 1.54) is 59.6 Å². The number of aliphatic hydroxyl groups is 1. The van der Waals surface area contributed by atoms with Crippen molar-refractivity contribution in [3.63, 3.8) is 0 Å². The lowest BCUT2D eigenvalue weighted by molar-refractivity contribution is -0.197. The summed E-state index contributed by atoms with van der Waals surface area (Å²) in [6, 6.07) is 2.47. The predicted octanol–water partition coefficient (Wildman–Crippen LogP) is 5.06. The highest BCUT2D eigenvalue weighted by molar-refractivity contribution is 8.76. The molecule has 18 nitrogen and oxygen atoms in total. The Morgan fingerprint density at radius 1 is 1.09 bits per heavy atom. The number of esters is 1. The summed E-state index contributed by atoms with van der Waals surface area (Å²) >= 11 is 6.79. The minimum atomic E-state index is -1.86. The lowest BCUT2D eigenvalue weighted by Gasteiger charge is -2.42. The van der Waals surface area contributed by atoms with Crippen molar-refractivity contribution in [2.45, 2.75) is 133 Å². The molecule has 0 radical (unpaired) electrons. The molecule has 1 aromatic carbocycles. The largest absolute Gasteiger partial charge is 0.495 e. The number of amides is 5. The number of hydroxylamine groups is 2. The van der Waals surface area contributed by atoms with Crippen LogP contribution in [-0.4, -0.2) is 138 Å². The molecule has 3 fully saturated rings. The van der Waals surface area contributed by atoms with Crippen LogP contribution in [0.1, 0.15) is 85.1 Å². The number of rotatable bonds is 14. The van der Waals surface area contributed by atoms with E-state index >= 15 is 0 Å². The van der Waals surface area contributed by atoms with Gasteiger partial charge in [0.05, 0.1) is 25.3 Å². The SMILES string of the molecule is COc1cc2cc(c1Cl)N(C)C(=O)CC(OC(=O)[C@H](C)N(C)C(=O)CCSSC(C)CCC(=O)ON1C(=O)CCC1=O)[C@]1(C)O[C@H]1[C@H](C)[C@@H]1C[C@@](O)(NC(=O)O1)[C@H](OC)C=CC=C(C)C2. The van der Waals surface area contributed by atoms with Crippen LogP contribution in [0.3, 0.4) is 0 Å². The maximum Gasteiger partial charge on any atom is 0.409 e. The first-order chi connectivity index (χ1) is 30.6. The Labute approximate surface area is 391 Å². The first-order valence-electron chi connectivity index (χ1n) is 21.3. The van der Waals surface area contributed by atoms with Gasteiger partial charge < -0.3 is 43.4 Å². The van der Waals surface area contributed by atoms with Gasteiger partial charge in [0.15, 0.2) is 5.72 Å². The van der Waals surface area contributed by atoms with Crippen LogP contribution in [0.4, 0.5) is 10.5 Å². The number of nitrogens with one attached hydrogen (secondary N) is 1. The molecule has 4 heterocycles. The molecule has 2 unspecified atom stereocenters. The third-order valence-corrected chi connectivity index (χ3v) is 15.5. The zero-order valence-electron chi connectivity index (χ0n) is 38.1. The van der Waals surface area contributed by atoms with Crippen LogP contribution in [0.15, 0.2) is 35.9 Å². The normalized spacial score (nSPS) is 28.0. The van der Waals surface area contributed by atoms with Crippen molar-refractivity contribution in [1.29, 1.82) is 0 Å². The summed E-state index contributed by atoms with van der Waals surface area (Å²) in [6.07, 6.45) is 1.05. The number of carbonyl (C=O) groups excluding carboxylic acids is 7. The van der Waals surface area contributed by atoms with Gasteiger partial charge in [0, 0.05) is 70.2 Å². The molecule has 2 N–H and O–H groups in total. The van der Waals surface area contributed by atoms with Crippen molar-refractivity contribution in [2.24, 2.45) is 5.92 Å². The smallest absolute Gasteiger partial charge is 0.409 e. The number of hydrogen-bond acceptors (Lipinski definition) is 16. The van der Waals surface area contributed by atoms with E-state index in [9.17, 15) is 38.7 Å². The van der Waals surface area contributed by atoms with Gasteiger partial charge in [0.2, 0.25) is 11.8 Å². The van der Waals surface area contributed by atoms with Crippen LogP contribution < -0.4 is 15.0 Å². The van der Waals surface area contributed by atoms with Gasteiger partial charge in [-0.25, -0.2) is 14.4 Å². The van der Waals surface area contributed by atoms with Crippen molar-refractivity contribution >= 4 is 80.5 Å². The zero-order valence-corrected chi connectivity index (χ0v) is 40.5. The quantitative estimate of drug-likeness (QED) is 0.0818. The second-order valence-electron chi connectivity index (χ2n) is 17.0. The first-order valence-corrected chi connectivity index (χ1v) is 24.1. The number of methoxy groups -OCH3 is 2. The lowest BCUT2D eigenvalue weighted by Crippen LogP contribution is -2.63. The average molecular weight is 968 g/mol. The van der Waals surface area contributed by atoms with Crippen molar-refractivity contribution in [2.75, 3.05) is 39.0 Å². The molecule has 21 heteroatoms. The average Bonchev–Trinajstić information content (AvgIpc) is 3.87. The molecule has 4 aliphatic rings. The van der Waals surface area contributed by atoms with Crippen molar-refractivity contribution < 1.29 is 67.2 Å². The number of fused-ring (bicyclic) bond motifs is 5. The molecule has 0 aromatic heterocycles. The molecular formula is C44H59ClN4O14S2. The number of benzene rings is 1. The van der Waals surface area contributed by atoms with Gasteiger partial charge in [-0.2, -0.15) is 0 Å². The zero-order chi connectivity index (χ0) is 48.0. The number of alkyl carbamates (subject to hydrolysis) is 1. The summed E-state index contributed by atoms with van der Waals surface area (Å²) in [5.74, 6) is -3.22. The number of halogens is 1. The van der Waals surface area contributed by atoms with E-state index in [1.54, 1.807) is 45.2 Å². The summed E-state index contributed by atoms with van der Waals surface area (Å²) in [6.45, 7) is 8.79. The molecule has 9 atom stereocenters. The number of nitrogens with zero attached hydrogens (tertiary/aromatic N) is 3. The Hall–Kier alpha value is -4.34. The fraction of sp³-hybridized carbons (Fsp3) is 0.614. The maximum absolute atomic E-state index is 14.3. The highest BCUT2D eigenvalue weighted by Crippen LogP contribution is 2.49. The number of anilines is 1. The summed E-state index contributed by atoms with van der Waals surface area (Å²) in [7, 11) is 8.79. The van der Waals surface area contributed by atoms with Gasteiger partial charge in [-0.3, -0.25) is 24.5 Å². The lowest BCUT2D eigenvalue weighted by atomic mass is 9.83. The second kappa shape index (κ2) is 22.0. The van der Waals surface area contributed by atoms with Gasteiger partial charge in [-0.15, -0.1) is 5.06 Å². The van der Waals surface area contributed by atoms with Crippen molar-refractivity contribution in [3.8, 4) is 5.75 Å². The predicted molar refractivity (Wildman–Crippen MR) is 241 cm³/mol. The topological polar surface area (TPSA) is 220 Å². The van der Waals surface area contributed by atoms with E-state index in [2.05, 4.69) is 5.32 Å². The standard InChI is InChI=1S/C44H59ClN4O14S2/c1-24-11-10-12-32(59-9)44(57)23-31(60-42(56)46-44)26(3)40-43(5,62-40)33(22-37(53)48(7)29-20-28(19-24)21-30(58-8)39(29)45)61-41(55)27(4)47(6)34(50)17-18-64-65-25(2)13-16-38(54)63-49-35(51)14-15-36(49)52/h10-12,20-21,25-27,31-33,40,57H,13-19,22-23H2,1-9H3,(H,46,56)/t25?,26-,27+,31+,32-,33?,40+,43+,44+/m1/s1. The van der Waals surface area contributed by atoms with Gasteiger partial charge in [-0.1, -0.05) is 70.8 Å². The van der Waals surface area contributed by atoms with Crippen LogP contribution in [0.25, 0.3) is 0 Å². The number of imide groups is 1. The number of likely N-dealkylation sites (N-methyl/N-ethyl adjacent to an activating group) is 1. The van der Waals surface area contributed by atoms with Crippen molar-refractivity contribution in [1.82, 2.24) is 15.3 Å². The van der Waals surface area contributed by atoms with Crippen LogP contribution in [0.2, 0.25) is 5.02 Å². The van der Waals surface area contributed by atoms with E-state index in [4.69, 9.17) is 40.1 Å². The molecule has 0 aliphatic carbocycles. The van der Waals surface area contributed by atoms with E-state index in [0.717, 1.165) is 11.1 Å². The Morgan fingerprint density at radius 2 is 1.78 bits per heavy atom. The van der Waals surface area contributed by atoms with E-state index in [-0.39, 0.29) is 54.7 Å². The third kappa shape index (κ3) is 12.6. The van der Waals surface area contributed by atoms with Gasteiger partial charge >= 0.3 is 18.0 Å². The summed E-state index contributed by atoms with van der Waals surface area (Å²) < 4.78 is 29.3. The Morgan fingerprint density at radius 3 is 2.45 bits per heavy atom. The molecule has 4 bridgehead atoms. The molecule has 0 saturated carbocycles. The summed E-state index contributed by atoms with van der Waals surface area (Å²) in [4.78, 5) is 97.7. The van der Waals surface area contributed by atoms with E-state index < -0.39 is 83.5 Å². The van der Waals surface area contributed by atoms with E-state index in [0.29, 0.717) is 35.1 Å². The summed E-state index contributed by atoms with van der Waals surface area (Å²) in [5, 5.41) is 15.0. The molecule has 4 aliphatic heterocycles. The molecule has 5 amide bonds. The summed E-state index contributed by atoms with van der Waals surface area (Å²) in [5.41, 5.74) is -1.10. The number of hydrogen-bond donors (Lipinski definition) is 2. The van der Waals surface area contributed by atoms with Crippen LogP contribution in [-0.2, 0) is 59.0 Å². The molecule has 3 saturated heterocycles. The Kier molecular flexibility index (Phi) is 17.5. The number of carbonyl (C=O) groups is 7. The highest BCUT2D eigenvalue weighted by atomic mass is 35.5. The monoisotopic (exact) mass is 966 g/mol.